The molecule has 5 rings (SSSR count). The molecule has 154 valence electrons. The minimum atomic E-state index is -0.234. The highest BCUT2D eigenvalue weighted by Crippen LogP contribution is 2.59. The molecule has 4 aliphatic rings. The number of hydrogen-bond acceptors (Lipinski definition) is 4. The van der Waals surface area contributed by atoms with Crippen LogP contribution in [-0.2, 0) is 21.4 Å². The van der Waals surface area contributed by atoms with E-state index in [0.717, 1.165) is 37.5 Å². The van der Waals surface area contributed by atoms with Crippen molar-refractivity contribution in [1.29, 1.82) is 0 Å². The summed E-state index contributed by atoms with van der Waals surface area (Å²) in [7, 11) is 1.73. The van der Waals surface area contributed by atoms with Gasteiger partial charge in [0.1, 0.15) is 11.5 Å². The van der Waals surface area contributed by atoms with E-state index in [-0.39, 0.29) is 23.4 Å². The highest BCUT2D eigenvalue weighted by Gasteiger charge is 2.66. The molecule has 1 saturated heterocycles. The fraction of sp³-hybridized carbons (Fsp3) is 0.696. The first-order valence-corrected chi connectivity index (χ1v) is 10.7. The first kappa shape index (κ1) is 20.2. The van der Waals surface area contributed by atoms with Crippen molar-refractivity contribution in [3.63, 3.8) is 0 Å². The molecule has 0 aromatic heterocycles. The van der Waals surface area contributed by atoms with Crippen LogP contribution < -0.4 is 4.74 Å². The Kier molecular flexibility index (Phi) is 5.26. The maximum Gasteiger partial charge on any atom is 0.134 e. The smallest absolute Gasteiger partial charge is 0.134 e. The molecule has 1 heterocycles. The van der Waals surface area contributed by atoms with Gasteiger partial charge in [0.25, 0.3) is 0 Å². The van der Waals surface area contributed by atoms with Crippen LogP contribution in [0.25, 0.3) is 0 Å². The Morgan fingerprint density at radius 1 is 1.25 bits per heavy atom. The van der Waals surface area contributed by atoms with Gasteiger partial charge in [-0.2, -0.15) is 0 Å². The van der Waals surface area contributed by atoms with Gasteiger partial charge in [0, 0.05) is 37.5 Å². The van der Waals surface area contributed by atoms with Crippen LogP contribution in [0.2, 0.25) is 0 Å². The van der Waals surface area contributed by atoms with Crippen molar-refractivity contribution in [2.24, 2.45) is 5.92 Å². The number of fused-ring (bicyclic) bond motifs is 1. The molecule has 5 heteroatoms. The molecule has 2 bridgehead atoms. The van der Waals surface area contributed by atoms with E-state index < -0.39 is 0 Å². The predicted octanol–water partition coefficient (Wildman–Crippen LogP) is 3.92. The van der Waals surface area contributed by atoms with E-state index in [4.69, 9.17) is 9.47 Å². The number of ether oxygens (including phenoxy) is 2. The number of benzene rings is 1. The third-order valence-electron chi connectivity index (χ3n) is 7.73. The topological polar surface area (TPSA) is 38.8 Å². The number of Topliss-reactive ketones (excluding diaryl/α,β-unsaturated/α-hetero) is 1. The van der Waals surface area contributed by atoms with Gasteiger partial charge in [-0.3, -0.25) is 9.69 Å². The van der Waals surface area contributed by atoms with Gasteiger partial charge in [0.2, 0.25) is 0 Å². The number of methoxy groups -OCH3 is 1. The second-order valence-electron chi connectivity index (χ2n) is 9.05. The van der Waals surface area contributed by atoms with Gasteiger partial charge in [0.05, 0.1) is 12.7 Å². The molecule has 3 fully saturated rings. The van der Waals surface area contributed by atoms with Crippen molar-refractivity contribution < 1.29 is 14.3 Å². The lowest BCUT2D eigenvalue weighted by molar-refractivity contribution is -0.198. The number of carbonyl (C=O) groups is 1. The Morgan fingerprint density at radius 2 is 2.07 bits per heavy atom. The van der Waals surface area contributed by atoms with Gasteiger partial charge in [-0.15, -0.1) is 12.4 Å². The Morgan fingerprint density at radius 3 is 2.79 bits per heavy atom. The number of carbonyl (C=O) groups excluding carboxylic acids is 1. The second-order valence-corrected chi connectivity index (χ2v) is 9.05. The minimum absolute atomic E-state index is 0. The molecule has 3 aliphatic carbocycles. The normalized spacial score (nSPS) is 34.2. The molecule has 2 saturated carbocycles. The zero-order valence-corrected chi connectivity index (χ0v) is 17.9. The summed E-state index contributed by atoms with van der Waals surface area (Å²) >= 11 is 0. The van der Waals surface area contributed by atoms with Crippen LogP contribution in [-0.4, -0.2) is 49.1 Å². The molecule has 0 spiro atoms. The molecular weight excluding hydrogens is 374 g/mol. The molecule has 1 unspecified atom stereocenters. The average Bonchev–Trinajstić information content (AvgIpc) is 3.48. The number of likely N-dealkylation sites (tertiary alicyclic amines) is 1. The molecule has 3 atom stereocenters. The fourth-order valence-corrected chi connectivity index (χ4v) is 6.39. The monoisotopic (exact) mass is 405 g/mol. The van der Waals surface area contributed by atoms with E-state index in [1.54, 1.807) is 7.11 Å². The van der Waals surface area contributed by atoms with Crippen molar-refractivity contribution in [3.8, 4) is 5.75 Å². The zero-order chi connectivity index (χ0) is 18.6. The van der Waals surface area contributed by atoms with Crippen molar-refractivity contribution in [2.45, 2.75) is 68.9 Å². The maximum absolute atomic E-state index is 12.7. The highest BCUT2D eigenvalue weighted by atomic mass is 35.5. The highest BCUT2D eigenvalue weighted by molar-refractivity contribution is 5.85. The molecule has 0 amide bonds. The lowest BCUT2D eigenvalue weighted by Gasteiger charge is -2.65. The molecule has 0 radical (unpaired) electrons. The van der Waals surface area contributed by atoms with E-state index in [1.807, 2.05) is 0 Å². The molecular formula is C23H32ClNO3. The summed E-state index contributed by atoms with van der Waals surface area (Å²) in [5.41, 5.74) is 2.30. The van der Waals surface area contributed by atoms with Crippen LogP contribution in [0.3, 0.4) is 0 Å². The summed E-state index contributed by atoms with van der Waals surface area (Å²) in [4.78, 5) is 15.4. The molecule has 0 N–H and O–H groups in total. The predicted molar refractivity (Wildman–Crippen MR) is 112 cm³/mol. The van der Waals surface area contributed by atoms with Gasteiger partial charge in [-0.25, -0.2) is 0 Å². The van der Waals surface area contributed by atoms with E-state index in [1.165, 1.54) is 30.5 Å². The number of nitrogens with zero attached hydrogens (tertiary/aromatic N) is 1. The van der Waals surface area contributed by atoms with Crippen LogP contribution in [0, 0.1) is 5.92 Å². The van der Waals surface area contributed by atoms with Crippen LogP contribution in [0.1, 0.15) is 56.6 Å². The summed E-state index contributed by atoms with van der Waals surface area (Å²) in [5, 5.41) is 0. The number of ketones is 1. The Labute approximate surface area is 174 Å². The third-order valence-corrected chi connectivity index (χ3v) is 7.73. The summed E-state index contributed by atoms with van der Waals surface area (Å²) in [5.74, 6) is 2.17. The van der Waals surface area contributed by atoms with Crippen molar-refractivity contribution in [2.75, 3.05) is 26.8 Å². The lowest BCUT2D eigenvalue weighted by atomic mass is 9.49. The fourth-order valence-electron chi connectivity index (χ4n) is 6.39. The van der Waals surface area contributed by atoms with Crippen LogP contribution in [0.5, 0.6) is 5.75 Å². The van der Waals surface area contributed by atoms with Gasteiger partial charge < -0.3 is 9.47 Å². The number of piperidine rings is 1. The molecule has 1 aromatic carbocycles. The van der Waals surface area contributed by atoms with Crippen molar-refractivity contribution in [3.05, 3.63) is 29.3 Å². The van der Waals surface area contributed by atoms with Crippen molar-refractivity contribution >= 4 is 18.2 Å². The Bertz CT molecular complexity index is 764. The third kappa shape index (κ3) is 2.83. The summed E-state index contributed by atoms with van der Waals surface area (Å²) in [6, 6.07) is 6.91. The summed E-state index contributed by atoms with van der Waals surface area (Å²) < 4.78 is 12.3. The SMILES string of the molecule is CCOC12CCC(=O)C[C@@]13CCN(CC1CC1)[C@@H]2Cc1ccc(OC)cc13.Cl. The Balaban J connectivity index is 0.00000192. The summed E-state index contributed by atoms with van der Waals surface area (Å²) in [6.45, 7) is 5.11. The van der Waals surface area contributed by atoms with Crippen LogP contribution in [0.15, 0.2) is 18.2 Å². The number of halogens is 1. The van der Waals surface area contributed by atoms with Gasteiger partial charge in [-0.05, 0) is 74.8 Å². The quantitative estimate of drug-likeness (QED) is 0.744. The summed E-state index contributed by atoms with van der Waals surface area (Å²) in [6.07, 6.45) is 6.95. The molecule has 4 nitrogen and oxygen atoms in total. The molecule has 1 aliphatic heterocycles. The first-order chi connectivity index (χ1) is 13.1. The van der Waals surface area contributed by atoms with Gasteiger partial charge >= 0.3 is 0 Å². The van der Waals surface area contributed by atoms with Crippen molar-refractivity contribution in [1.82, 2.24) is 4.90 Å². The minimum Gasteiger partial charge on any atom is -0.497 e. The molecule has 1 aromatic rings. The lowest BCUT2D eigenvalue weighted by Crippen LogP contribution is -2.74. The van der Waals surface area contributed by atoms with Crippen LogP contribution >= 0.6 is 12.4 Å². The average molecular weight is 406 g/mol. The standard InChI is InChI=1S/C23H31NO3.ClH/c1-3-27-23-9-8-18(25)14-22(23)10-11-24(15-16-4-5-16)21(23)12-17-6-7-19(26-2)13-20(17)22;/h6-7,13,16,21H,3-5,8-12,14-15H2,1-2H3;1H/t21-,22-,23?;/m1./s1. The zero-order valence-electron chi connectivity index (χ0n) is 17.0. The largest absolute Gasteiger partial charge is 0.497 e. The van der Waals surface area contributed by atoms with Gasteiger partial charge in [0.15, 0.2) is 0 Å². The van der Waals surface area contributed by atoms with E-state index in [2.05, 4.69) is 30.0 Å². The van der Waals surface area contributed by atoms with E-state index >= 15 is 0 Å². The maximum atomic E-state index is 12.7. The molecule has 28 heavy (non-hydrogen) atoms. The van der Waals surface area contributed by atoms with Gasteiger partial charge in [-0.1, -0.05) is 6.07 Å². The Hall–Kier alpha value is -1.10. The first-order valence-electron chi connectivity index (χ1n) is 10.7. The van der Waals surface area contributed by atoms with E-state index in [0.29, 0.717) is 31.3 Å². The van der Waals surface area contributed by atoms with Crippen LogP contribution in [0.4, 0.5) is 0 Å². The number of rotatable bonds is 5. The second kappa shape index (κ2) is 7.30. The number of hydrogen-bond donors (Lipinski definition) is 0. The van der Waals surface area contributed by atoms with E-state index in [9.17, 15) is 4.79 Å².